The van der Waals surface area contributed by atoms with Crippen LogP contribution >= 0.6 is 0 Å². The standard InChI is InChI=1S/C22H25NO4/c1-26-19-12-10-17(11-13-19)20(24)8-5-9-22(25)23-14-15-27-21(16-23)18-6-3-2-4-7-18/h2-4,6-7,10-13,21H,5,8-9,14-16H2,1H3. The second kappa shape index (κ2) is 9.33. The van der Waals surface area contributed by atoms with Crippen molar-refractivity contribution in [3.05, 3.63) is 65.7 Å². The lowest BCUT2D eigenvalue weighted by Crippen LogP contribution is -2.42. The highest BCUT2D eigenvalue weighted by atomic mass is 16.5. The summed E-state index contributed by atoms with van der Waals surface area (Å²) in [6.45, 7) is 1.71. The van der Waals surface area contributed by atoms with Gasteiger partial charge in [0, 0.05) is 24.9 Å². The van der Waals surface area contributed by atoms with Crippen molar-refractivity contribution in [3.8, 4) is 5.75 Å². The van der Waals surface area contributed by atoms with E-state index in [0.29, 0.717) is 44.5 Å². The molecule has 142 valence electrons. The van der Waals surface area contributed by atoms with E-state index >= 15 is 0 Å². The van der Waals surface area contributed by atoms with Crippen LogP contribution in [-0.4, -0.2) is 43.4 Å². The molecule has 1 atom stereocenters. The summed E-state index contributed by atoms with van der Waals surface area (Å²) in [4.78, 5) is 26.6. The SMILES string of the molecule is COc1ccc(C(=O)CCCC(=O)N2CCOC(c3ccccc3)C2)cc1. The van der Waals surface area contributed by atoms with Crippen LogP contribution in [0.25, 0.3) is 0 Å². The Hall–Kier alpha value is -2.66. The largest absolute Gasteiger partial charge is 0.497 e. The predicted molar refractivity (Wildman–Crippen MR) is 103 cm³/mol. The average molecular weight is 367 g/mol. The number of carbonyl (C=O) groups is 2. The number of hydrogen-bond acceptors (Lipinski definition) is 4. The molecule has 1 amide bonds. The minimum absolute atomic E-state index is 0.0505. The fourth-order valence-electron chi connectivity index (χ4n) is 3.22. The van der Waals surface area contributed by atoms with E-state index in [0.717, 1.165) is 11.3 Å². The van der Waals surface area contributed by atoms with E-state index in [1.54, 1.807) is 31.4 Å². The number of nitrogens with zero attached hydrogens (tertiary/aromatic N) is 1. The van der Waals surface area contributed by atoms with Gasteiger partial charge < -0.3 is 14.4 Å². The van der Waals surface area contributed by atoms with Crippen molar-refractivity contribution in [2.75, 3.05) is 26.8 Å². The maximum atomic E-state index is 12.5. The fourth-order valence-corrected chi connectivity index (χ4v) is 3.22. The van der Waals surface area contributed by atoms with Gasteiger partial charge in [-0.1, -0.05) is 30.3 Å². The minimum Gasteiger partial charge on any atom is -0.497 e. The number of rotatable bonds is 7. The van der Waals surface area contributed by atoms with Gasteiger partial charge in [0.1, 0.15) is 11.9 Å². The summed E-state index contributed by atoms with van der Waals surface area (Å²) >= 11 is 0. The summed E-state index contributed by atoms with van der Waals surface area (Å²) in [7, 11) is 1.59. The predicted octanol–water partition coefficient (Wildman–Crippen LogP) is 3.65. The third-order valence-corrected chi connectivity index (χ3v) is 4.80. The summed E-state index contributed by atoms with van der Waals surface area (Å²) in [5, 5.41) is 0. The van der Waals surface area contributed by atoms with Gasteiger partial charge in [-0.2, -0.15) is 0 Å². The number of ketones is 1. The van der Waals surface area contributed by atoms with Crippen LogP contribution in [-0.2, 0) is 9.53 Å². The van der Waals surface area contributed by atoms with Gasteiger partial charge in [0.15, 0.2) is 5.78 Å². The number of benzene rings is 2. The summed E-state index contributed by atoms with van der Waals surface area (Å²) in [6.07, 6.45) is 1.22. The Balaban J connectivity index is 1.46. The molecule has 0 saturated carbocycles. The first-order valence-corrected chi connectivity index (χ1v) is 9.29. The summed E-state index contributed by atoms with van der Waals surface area (Å²) in [6, 6.07) is 17.0. The Morgan fingerprint density at radius 3 is 2.52 bits per heavy atom. The Morgan fingerprint density at radius 2 is 1.81 bits per heavy atom. The van der Waals surface area contributed by atoms with Crippen molar-refractivity contribution in [3.63, 3.8) is 0 Å². The summed E-state index contributed by atoms with van der Waals surface area (Å²) in [5.41, 5.74) is 1.74. The molecule has 5 nitrogen and oxygen atoms in total. The van der Waals surface area contributed by atoms with Crippen LogP contribution in [0.1, 0.15) is 41.3 Å². The molecule has 0 radical (unpaired) electrons. The minimum atomic E-state index is -0.0789. The highest BCUT2D eigenvalue weighted by Crippen LogP contribution is 2.22. The average Bonchev–Trinajstić information content (AvgIpc) is 2.74. The van der Waals surface area contributed by atoms with Crippen LogP contribution in [0.3, 0.4) is 0 Å². The highest BCUT2D eigenvalue weighted by molar-refractivity contribution is 5.96. The first kappa shape index (κ1) is 19.1. The van der Waals surface area contributed by atoms with E-state index in [9.17, 15) is 9.59 Å². The fraction of sp³-hybridized carbons (Fsp3) is 0.364. The Morgan fingerprint density at radius 1 is 1.07 bits per heavy atom. The summed E-state index contributed by atoms with van der Waals surface area (Å²) < 4.78 is 10.9. The lowest BCUT2D eigenvalue weighted by molar-refractivity contribution is -0.139. The van der Waals surface area contributed by atoms with E-state index < -0.39 is 0 Å². The van der Waals surface area contributed by atoms with Crippen LogP contribution in [0, 0.1) is 0 Å². The van der Waals surface area contributed by atoms with Crippen LogP contribution in [0.15, 0.2) is 54.6 Å². The zero-order valence-electron chi connectivity index (χ0n) is 15.6. The Labute approximate surface area is 159 Å². The van der Waals surface area contributed by atoms with Crippen molar-refractivity contribution in [2.45, 2.75) is 25.4 Å². The molecule has 1 aliphatic heterocycles. The molecule has 0 bridgehead atoms. The zero-order chi connectivity index (χ0) is 19.1. The molecule has 0 spiro atoms. The van der Waals surface area contributed by atoms with Crippen molar-refractivity contribution in [2.24, 2.45) is 0 Å². The molecule has 0 aromatic heterocycles. The van der Waals surface area contributed by atoms with Crippen molar-refractivity contribution in [1.82, 2.24) is 4.90 Å². The van der Waals surface area contributed by atoms with Crippen LogP contribution < -0.4 is 4.74 Å². The van der Waals surface area contributed by atoms with Crippen molar-refractivity contribution < 1.29 is 19.1 Å². The van der Waals surface area contributed by atoms with Gasteiger partial charge in [-0.3, -0.25) is 9.59 Å². The van der Waals surface area contributed by atoms with Crippen LogP contribution in [0.4, 0.5) is 0 Å². The maximum absolute atomic E-state index is 12.5. The molecule has 1 heterocycles. The molecule has 1 saturated heterocycles. The Bertz CT molecular complexity index is 758. The smallest absolute Gasteiger partial charge is 0.222 e. The lowest BCUT2D eigenvalue weighted by Gasteiger charge is -2.33. The van der Waals surface area contributed by atoms with E-state index in [4.69, 9.17) is 9.47 Å². The number of morpholine rings is 1. The molecular weight excluding hydrogens is 342 g/mol. The molecule has 0 N–H and O–H groups in total. The van der Waals surface area contributed by atoms with E-state index in [2.05, 4.69) is 0 Å². The van der Waals surface area contributed by atoms with E-state index in [1.807, 2.05) is 35.2 Å². The number of hydrogen-bond donors (Lipinski definition) is 0. The quantitative estimate of drug-likeness (QED) is 0.701. The second-order valence-electron chi connectivity index (χ2n) is 6.62. The van der Waals surface area contributed by atoms with Gasteiger partial charge in [-0.15, -0.1) is 0 Å². The van der Waals surface area contributed by atoms with Crippen molar-refractivity contribution in [1.29, 1.82) is 0 Å². The van der Waals surface area contributed by atoms with Gasteiger partial charge >= 0.3 is 0 Å². The maximum Gasteiger partial charge on any atom is 0.222 e. The third-order valence-electron chi connectivity index (χ3n) is 4.80. The number of carbonyl (C=O) groups excluding carboxylic acids is 2. The molecule has 3 rings (SSSR count). The van der Waals surface area contributed by atoms with Gasteiger partial charge in [-0.05, 0) is 36.2 Å². The van der Waals surface area contributed by atoms with Crippen LogP contribution in [0.5, 0.6) is 5.75 Å². The van der Waals surface area contributed by atoms with Gasteiger partial charge in [0.25, 0.3) is 0 Å². The topological polar surface area (TPSA) is 55.8 Å². The number of methoxy groups -OCH3 is 1. The summed E-state index contributed by atoms with van der Waals surface area (Å²) in [5.74, 6) is 0.860. The Kier molecular flexibility index (Phi) is 6.60. The molecular formula is C22H25NO4. The molecule has 27 heavy (non-hydrogen) atoms. The monoisotopic (exact) mass is 367 g/mol. The second-order valence-corrected chi connectivity index (χ2v) is 6.62. The highest BCUT2D eigenvalue weighted by Gasteiger charge is 2.25. The van der Waals surface area contributed by atoms with Crippen LogP contribution in [0.2, 0.25) is 0 Å². The first-order valence-electron chi connectivity index (χ1n) is 9.29. The zero-order valence-corrected chi connectivity index (χ0v) is 15.6. The van der Waals surface area contributed by atoms with Gasteiger partial charge in [-0.25, -0.2) is 0 Å². The molecule has 2 aromatic carbocycles. The van der Waals surface area contributed by atoms with Gasteiger partial charge in [0.05, 0.1) is 20.3 Å². The number of Topliss-reactive ketones (excluding diaryl/α,β-unsaturated/α-hetero) is 1. The molecule has 0 aliphatic carbocycles. The first-order chi connectivity index (χ1) is 13.2. The molecule has 2 aromatic rings. The number of amides is 1. The normalized spacial score (nSPS) is 16.8. The molecule has 1 fully saturated rings. The molecule has 5 heteroatoms. The van der Waals surface area contributed by atoms with E-state index in [-0.39, 0.29) is 17.8 Å². The molecule has 1 aliphatic rings. The van der Waals surface area contributed by atoms with E-state index in [1.165, 1.54) is 0 Å². The van der Waals surface area contributed by atoms with Gasteiger partial charge in [0.2, 0.25) is 5.91 Å². The third kappa shape index (κ3) is 5.17. The lowest BCUT2D eigenvalue weighted by atomic mass is 10.0. The van der Waals surface area contributed by atoms with Crippen molar-refractivity contribution >= 4 is 11.7 Å². The number of ether oxygens (including phenoxy) is 2. The molecule has 1 unspecified atom stereocenters.